The number of nitrogens with one attached hydrogen (secondary N) is 2. The molecule has 1 aliphatic heterocycles. The van der Waals surface area contributed by atoms with Crippen LogP contribution in [-0.4, -0.2) is 62.6 Å². The number of hydrogen-bond acceptors (Lipinski definition) is 6. The molecular formula is C35H41N5O4. The van der Waals surface area contributed by atoms with Gasteiger partial charge in [-0.3, -0.25) is 4.79 Å². The van der Waals surface area contributed by atoms with E-state index in [4.69, 9.17) is 9.47 Å². The molecule has 0 spiro atoms. The van der Waals surface area contributed by atoms with E-state index in [1.165, 1.54) is 0 Å². The first-order chi connectivity index (χ1) is 21.2. The Morgan fingerprint density at radius 1 is 0.955 bits per heavy atom. The van der Waals surface area contributed by atoms with Crippen LogP contribution in [0.3, 0.4) is 0 Å². The molecule has 44 heavy (non-hydrogen) atoms. The molecule has 1 aromatic heterocycles. The molecule has 0 unspecified atom stereocenters. The van der Waals surface area contributed by atoms with Gasteiger partial charge in [0, 0.05) is 59.4 Å². The molecule has 0 aliphatic carbocycles. The summed E-state index contributed by atoms with van der Waals surface area (Å²) >= 11 is 0. The van der Waals surface area contributed by atoms with Crippen LogP contribution in [0.4, 0.5) is 21.9 Å². The lowest BCUT2D eigenvalue weighted by Gasteiger charge is -2.20. The number of ketones is 1. The highest BCUT2D eigenvalue weighted by atomic mass is 16.5. The maximum atomic E-state index is 13.4. The molecule has 9 nitrogen and oxygen atoms in total. The summed E-state index contributed by atoms with van der Waals surface area (Å²) in [6.45, 7) is 6.97. The van der Waals surface area contributed by atoms with Gasteiger partial charge in [-0.1, -0.05) is 0 Å². The number of aromatic nitrogens is 1. The molecule has 2 amide bonds. The largest absolute Gasteiger partial charge is 0.497 e. The summed E-state index contributed by atoms with van der Waals surface area (Å²) in [7, 11) is 7.89. The second-order valence-electron chi connectivity index (χ2n) is 11.3. The van der Waals surface area contributed by atoms with Gasteiger partial charge < -0.3 is 34.5 Å². The Kier molecular flexibility index (Phi) is 9.25. The fraction of sp³-hybridized carbons (Fsp3) is 0.314. The molecule has 2 N–H and O–H groups in total. The highest BCUT2D eigenvalue weighted by Crippen LogP contribution is 2.37. The van der Waals surface area contributed by atoms with Gasteiger partial charge in [0.15, 0.2) is 5.76 Å². The fourth-order valence-corrected chi connectivity index (χ4v) is 5.60. The molecule has 4 aromatic rings. The van der Waals surface area contributed by atoms with Gasteiger partial charge >= 0.3 is 6.03 Å². The quantitative estimate of drug-likeness (QED) is 0.143. The number of aryl methyl sites for hydroxylation is 1. The van der Waals surface area contributed by atoms with Crippen molar-refractivity contribution >= 4 is 45.9 Å². The lowest BCUT2D eigenvalue weighted by molar-refractivity contribution is 0.101. The number of unbranched alkanes of at least 4 members (excludes halogenated alkanes) is 1. The number of methoxy groups -OCH3 is 1. The number of anilines is 3. The molecule has 1 aliphatic rings. The number of nitrogens with zero attached hydrogens (tertiary/aromatic N) is 3. The van der Waals surface area contributed by atoms with E-state index >= 15 is 0 Å². The summed E-state index contributed by atoms with van der Waals surface area (Å²) in [6, 6.07) is 18.4. The number of rotatable bonds is 11. The molecule has 230 valence electrons. The van der Waals surface area contributed by atoms with Gasteiger partial charge in [0.05, 0.1) is 12.7 Å². The monoisotopic (exact) mass is 595 g/mol. The smallest absolute Gasteiger partial charge is 0.323 e. The molecule has 9 heteroatoms. The Labute approximate surface area is 259 Å². The highest BCUT2D eigenvalue weighted by Gasteiger charge is 2.29. The number of allylic oxidation sites excluding steroid dienone is 1. The van der Waals surface area contributed by atoms with Crippen LogP contribution in [0.25, 0.3) is 17.0 Å². The topological polar surface area (TPSA) is 88.1 Å². The number of carbonyl (C=O) groups is 2. The molecule has 0 fully saturated rings. The standard InChI is InChI=1S/C35H41N5O4/c1-7-40-23(2)28(29-21-27(43-6)15-16-31(29)40)22-33-34(41)30-20-25(12-17-32(30)44-33)37-35(42)36-24-10-13-26(14-11-24)39(5)19-9-8-18-38(3)4/h10-17,20-22H,7-9,18-19H2,1-6H3,(H2,36,37,42)/b33-22-. The van der Waals surface area contributed by atoms with E-state index in [0.717, 1.165) is 66.1 Å². The summed E-state index contributed by atoms with van der Waals surface area (Å²) in [5.41, 5.74) is 5.69. The second kappa shape index (κ2) is 13.3. The van der Waals surface area contributed by atoms with Crippen molar-refractivity contribution in [2.45, 2.75) is 33.2 Å². The number of fused-ring (bicyclic) bond motifs is 2. The van der Waals surface area contributed by atoms with Gasteiger partial charge in [-0.05, 0) is 114 Å². The first kappa shape index (κ1) is 30.7. The third-order valence-electron chi connectivity index (χ3n) is 8.01. The summed E-state index contributed by atoms with van der Waals surface area (Å²) in [5, 5.41) is 6.69. The van der Waals surface area contributed by atoms with Gasteiger partial charge in [-0.2, -0.15) is 0 Å². The Balaban J connectivity index is 1.24. The number of hydrogen-bond donors (Lipinski definition) is 2. The van der Waals surface area contributed by atoms with Crippen molar-refractivity contribution in [3.05, 3.63) is 83.2 Å². The van der Waals surface area contributed by atoms with Crippen molar-refractivity contribution in [2.24, 2.45) is 0 Å². The number of benzene rings is 3. The van der Waals surface area contributed by atoms with E-state index < -0.39 is 6.03 Å². The molecule has 5 rings (SSSR count). The van der Waals surface area contributed by atoms with Gasteiger partial charge in [-0.25, -0.2) is 4.79 Å². The number of urea groups is 1. The zero-order valence-electron chi connectivity index (χ0n) is 26.4. The lowest BCUT2D eigenvalue weighted by Crippen LogP contribution is -2.21. The first-order valence-electron chi connectivity index (χ1n) is 15.0. The summed E-state index contributed by atoms with van der Waals surface area (Å²) < 4.78 is 13.6. The average molecular weight is 596 g/mol. The Morgan fingerprint density at radius 3 is 2.36 bits per heavy atom. The predicted molar refractivity (Wildman–Crippen MR) is 178 cm³/mol. The Hall–Kier alpha value is -4.76. The molecule has 0 atom stereocenters. The normalized spacial score (nSPS) is 13.3. The third-order valence-corrected chi connectivity index (χ3v) is 8.01. The maximum absolute atomic E-state index is 13.4. The van der Waals surface area contributed by atoms with Crippen LogP contribution in [0, 0.1) is 6.92 Å². The minimum Gasteiger partial charge on any atom is -0.497 e. The second-order valence-corrected chi connectivity index (χ2v) is 11.3. The van der Waals surface area contributed by atoms with Gasteiger partial charge in [-0.15, -0.1) is 0 Å². The number of amides is 2. The van der Waals surface area contributed by atoms with Gasteiger partial charge in [0.2, 0.25) is 5.78 Å². The zero-order valence-corrected chi connectivity index (χ0v) is 26.4. The molecule has 0 saturated carbocycles. The Morgan fingerprint density at radius 2 is 1.66 bits per heavy atom. The Bertz CT molecular complexity index is 1700. The fourth-order valence-electron chi connectivity index (χ4n) is 5.60. The zero-order chi connectivity index (χ0) is 31.4. The predicted octanol–water partition coefficient (Wildman–Crippen LogP) is 7.02. The number of ether oxygens (including phenoxy) is 2. The van der Waals surface area contributed by atoms with Crippen LogP contribution in [0.1, 0.15) is 41.4 Å². The lowest BCUT2D eigenvalue weighted by atomic mass is 10.1. The minimum atomic E-state index is -0.395. The molecule has 0 radical (unpaired) electrons. The molecule has 0 saturated heterocycles. The van der Waals surface area contributed by atoms with Crippen molar-refractivity contribution < 1.29 is 19.1 Å². The highest BCUT2D eigenvalue weighted by molar-refractivity contribution is 6.16. The summed E-state index contributed by atoms with van der Waals surface area (Å²) in [4.78, 5) is 30.6. The average Bonchev–Trinajstić information content (AvgIpc) is 3.46. The van der Waals surface area contributed by atoms with Crippen LogP contribution in [-0.2, 0) is 6.54 Å². The van der Waals surface area contributed by atoms with Crippen molar-refractivity contribution in [3.63, 3.8) is 0 Å². The van der Waals surface area contributed by atoms with Crippen LogP contribution < -0.4 is 25.0 Å². The molecule has 3 aromatic carbocycles. The third kappa shape index (κ3) is 6.58. The van der Waals surface area contributed by atoms with Crippen molar-refractivity contribution in [1.82, 2.24) is 9.47 Å². The van der Waals surface area contributed by atoms with Crippen LogP contribution in [0.15, 0.2) is 66.4 Å². The van der Waals surface area contributed by atoms with Crippen LogP contribution >= 0.6 is 0 Å². The SMILES string of the molecule is CCn1c(C)c(/C=C2\Oc3ccc(NC(=O)Nc4ccc(N(C)CCCCN(C)C)cc4)cc3C2=O)c2cc(OC)ccc21. The van der Waals surface area contributed by atoms with Crippen molar-refractivity contribution in [2.75, 3.05) is 56.9 Å². The van der Waals surface area contributed by atoms with Crippen molar-refractivity contribution in [1.29, 1.82) is 0 Å². The first-order valence-corrected chi connectivity index (χ1v) is 15.0. The maximum Gasteiger partial charge on any atom is 0.323 e. The van der Waals surface area contributed by atoms with E-state index in [-0.39, 0.29) is 11.5 Å². The number of carbonyl (C=O) groups excluding carboxylic acids is 2. The van der Waals surface area contributed by atoms with E-state index in [9.17, 15) is 9.59 Å². The van der Waals surface area contributed by atoms with Gasteiger partial charge in [0.1, 0.15) is 11.5 Å². The summed E-state index contributed by atoms with van der Waals surface area (Å²) in [6.07, 6.45) is 4.06. The molecule has 2 heterocycles. The van der Waals surface area contributed by atoms with E-state index in [1.54, 1.807) is 31.4 Å². The molecular weight excluding hydrogens is 554 g/mol. The number of Topliss-reactive ketones (excluding diaryl/α,β-unsaturated/α-hetero) is 1. The van der Waals surface area contributed by atoms with Crippen LogP contribution in [0.2, 0.25) is 0 Å². The van der Waals surface area contributed by atoms with E-state index in [2.05, 4.69) is 53.1 Å². The minimum absolute atomic E-state index is 0.231. The summed E-state index contributed by atoms with van der Waals surface area (Å²) in [5.74, 6) is 1.22. The van der Waals surface area contributed by atoms with E-state index in [1.807, 2.05) is 49.4 Å². The van der Waals surface area contributed by atoms with Crippen molar-refractivity contribution in [3.8, 4) is 11.5 Å². The van der Waals surface area contributed by atoms with E-state index in [0.29, 0.717) is 22.7 Å². The van der Waals surface area contributed by atoms with Gasteiger partial charge in [0.25, 0.3) is 0 Å². The molecule has 0 bridgehead atoms. The van der Waals surface area contributed by atoms with Crippen LogP contribution in [0.5, 0.6) is 11.5 Å².